The molecule has 0 bridgehead atoms. The summed E-state index contributed by atoms with van der Waals surface area (Å²) in [5.74, 6) is 0. The van der Waals surface area contributed by atoms with Gasteiger partial charge in [0.1, 0.15) is 0 Å². The number of piperidine rings is 2. The van der Waals surface area contributed by atoms with E-state index in [1.54, 1.807) is 0 Å². The number of ether oxygens (including phenoxy) is 4. The van der Waals surface area contributed by atoms with Gasteiger partial charge in [-0.2, -0.15) is 0 Å². The van der Waals surface area contributed by atoms with Crippen LogP contribution in [0, 0.1) is 0 Å². The van der Waals surface area contributed by atoms with Crippen LogP contribution in [-0.2, 0) is 29.4 Å². The Labute approximate surface area is 225 Å². The van der Waals surface area contributed by atoms with Gasteiger partial charge in [-0.3, -0.25) is 0 Å². The normalized spacial score (nSPS) is 34.9. The van der Waals surface area contributed by atoms with Crippen LogP contribution < -0.4 is 10.6 Å². The second-order valence-corrected chi connectivity index (χ2v) is 12.8. The second kappa shape index (κ2) is 10.7. The molecule has 0 aromatic carbocycles. The molecule has 11 heteroatoms. The molecule has 6 heterocycles. The largest absolute Gasteiger partial charge is 0.381 e. The number of hydrogen-bond donors (Lipinski definition) is 2. The summed E-state index contributed by atoms with van der Waals surface area (Å²) in [5.41, 5.74) is -2.01. The van der Waals surface area contributed by atoms with E-state index >= 15 is 0 Å². The van der Waals surface area contributed by atoms with Crippen LogP contribution in [-0.4, -0.2) is 103 Å². The lowest BCUT2D eigenvalue weighted by molar-refractivity contribution is -0.330. The molecule has 0 aromatic heterocycles. The molecule has 2 radical (unpaired) electrons. The van der Waals surface area contributed by atoms with E-state index in [0.717, 1.165) is 0 Å². The molecular weight excluding hydrogens is 492 g/mol. The van der Waals surface area contributed by atoms with E-state index in [4.69, 9.17) is 18.9 Å². The summed E-state index contributed by atoms with van der Waals surface area (Å²) in [7, 11) is 0. The van der Waals surface area contributed by atoms with Gasteiger partial charge in [-0.1, -0.05) is 0 Å². The first kappa shape index (κ1) is 27.1. The zero-order chi connectivity index (χ0) is 26.3. The van der Waals surface area contributed by atoms with Crippen molar-refractivity contribution in [3.05, 3.63) is 0 Å². The molecular formula is C27H44N4O7. The molecule has 214 valence electrons. The van der Waals surface area contributed by atoms with Crippen LogP contribution in [0.5, 0.6) is 0 Å². The molecule has 0 saturated carbocycles. The van der Waals surface area contributed by atoms with E-state index in [1.165, 1.54) is 10.1 Å². The number of nitrogens with one attached hydrogen (secondary N) is 2. The maximum atomic E-state index is 13.8. The van der Waals surface area contributed by atoms with Crippen molar-refractivity contribution >= 4 is 6.03 Å². The Kier molecular flexibility index (Phi) is 7.67. The lowest BCUT2D eigenvalue weighted by Crippen LogP contribution is -2.70. The summed E-state index contributed by atoms with van der Waals surface area (Å²) in [5, 5.41) is 37.0. The molecule has 6 rings (SSSR count). The van der Waals surface area contributed by atoms with Gasteiger partial charge < -0.3 is 29.6 Å². The maximum Gasteiger partial charge on any atom is 0.315 e. The molecule has 38 heavy (non-hydrogen) atoms. The molecule has 11 nitrogen and oxygen atoms in total. The van der Waals surface area contributed by atoms with E-state index in [2.05, 4.69) is 10.6 Å². The van der Waals surface area contributed by atoms with Crippen molar-refractivity contribution in [1.82, 2.24) is 20.8 Å². The first-order chi connectivity index (χ1) is 18.4. The summed E-state index contributed by atoms with van der Waals surface area (Å²) in [6.07, 6.45) is 8.07. The molecule has 0 aliphatic carbocycles. The Morgan fingerprint density at radius 2 is 0.737 bits per heavy atom. The van der Waals surface area contributed by atoms with E-state index in [9.17, 15) is 15.2 Å². The van der Waals surface area contributed by atoms with Gasteiger partial charge in [0.15, 0.2) is 0 Å². The van der Waals surface area contributed by atoms with Gasteiger partial charge in [-0.25, -0.2) is 4.79 Å². The minimum absolute atomic E-state index is 0.0925. The Balaban J connectivity index is 1.17. The van der Waals surface area contributed by atoms with Crippen LogP contribution in [0.15, 0.2) is 0 Å². The van der Waals surface area contributed by atoms with Gasteiger partial charge in [-0.15, -0.1) is 20.5 Å². The fraction of sp³-hybridized carbons (Fsp3) is 0.963. The van der Waals surface area contributed by atoms with Crippen LogP contribution in [0.4, 0.5) is 4.79 Å². The van der Waals surface area contributed by atoms with Crippen LogP contribution in [0.1, 0.15) is 77.0 Å². The average molecular weight is 537 g/mol. The minimum Gasteiger partial charge on any atom is -0.381 e. The summed E-state index contributed by atoms with van der Waals surface area (Å²) in [6.45, 7) is 4.63. The van der Waals surface area contributed by atoms with Gasteiger partial charge in [0.05, 0.1) is 22.2 Å². The van der Waals surface area contributed by atoms with Crippen molar-refractivity contribution in [2.45, 2.75) is 111 Å². The summed E-state index contributed by atoms with van der Waals surface area (Å²) < 4.78 is 22.5. The first-order valence-corrected chi connectivity index (χ1v) is 14.7. The predicted molar refractivity (Wildman–Crippen MR) is 134 cm³/mol. The lowest BCUT2D eigenvalue weighted by atomic mass is 9.69. The van der Waals surface area contributed by atoms with Gasteiger partial charge in [0, 0.05) is 64.9 Å². The molecule has 2 N–H and O–H groups in total. The number of hydroxylamine groups is 4. The van der Waals surface area contributed by atoms with E-state index in [1.807, 2.05) is 0 Å². The van der Waals surface area contributed by atoms with Gasteiger partial charge in [-0.05, 0) is 77.0 Å². The molecule has 6 fully saturated rings. The van der Waals surface area contributed by atoms with Crippen molar-refractivity contribution < 1.29 is 34.2 Å². The Hall–Kier alpha value is -1.05. The van der Waals surface area contributed by atoms with Crippen molar-refractivity contribution in [3.8, 4) is 0 Å². The average Bonchev–Trinajstić information content (AvgIpc) is 2.93. The first-order valence-electron chi connectivity index (χ1n) is 14.7. The standard InChI is InChI=1S/C27H44N4O7/c32-23(28-21-17-24(1-9-35-10-2-24)30(33)25(18-21)3-11-36-12-4-25)29-22-19-26(5-13-37-14-6-26)31(34)27(20-22)7-15-38-16-8-27/h21-22H,1-20H2,(H2,28,29,32). The fourth-order valence-electron chi connectivity index (χ4n) is 8.57. The minimum atomic E-state index is -0.502. The molecule has 0 aromatic rings. The fourth-order valence-corrected chi connectivity index (χ4v) is 8.57. The highest BCUT2D eigenvalue weighted by atomic mass is 16.5. The van der Waals surface area contributed by atoms with Crippen LogP contribution in [0.2, 0.25) is 0 Å². The third kappa shape index (κ3) is 4.87. The number of carbonyl (C=O) groups is 1. The number of carbonyl (C=O) groups excluding carboxylic acids is 1. The SMILES string of the molecule is [O]N1C2(CCOCC2)CC(NC(=O)NC2CC3(CCOCC3)N([O])C3(CCOCC3)C2)CC12CCOCC2. The second-order valence-electron chi connectivity index (χ2n) is 12.8. The Morgan fingerprint density at radius 1 is 0.500 bits per heavy atom. The third-order valence-corrected chi connectivity index (χ3v) is 10.6. The highest BCUT2D eigenvalue weighted by Crippen LogP contribution is 2.49. The number of rotatable bonds is 2. The van der Waals surface area contributed by atoms with Crippen molar-refractivity contribution in [2.24, 2.45) is 0 Å². The predicted octanol–water partition coefficient (Wildman–Crippen LogP) is 2.10. The van der Waals surface area contributed by atoms with E-state index in [-0.39, 0.29) is 18.1 Å². The van der Waals surface area contributed by atoms with Crippen molar-refractivity contribution in [1.29, 1.82) is 0 Å². The maximum absolute atomic E-state index is 13.8. The third-order valence-electron chi connectivity index (χ3n) is 10.6. The van der Waals surface area contributed by atoms with Gasteiger partial charge >= 0.3 is 6.03 Å². The van der Waals surface area contributed by atoms with E-state index < -0.39 is 22.2 Å². The zero-order valence-corrected chi connectivity index (χ0v) is 22.5. The van der Waals surface area contributed by atoms with E-state index in [0.29, 0.717) is 130 Å². The molecule has 0 unspecified atom stereocenters. The quantitative estimate of drug-likeness (QED) is 0.554. The lowest BCUT2D eigenvalue weighted by Gasteiger charge is -2.58. The molecule has 2 amide bonds. The van der Waals surface area contributed by atoms with Crippen molar-refractivity contribution in [2.75, 3.05) is 52.9 Å². The highest BCUT2D eigenvalue weighted by Gasteiger charge is 2.58. The molecule has 6 aliphatic heterocycles. The number of hydrogen-bond acceptors (Lipinski definition) is 7. The monoisotopic (exact) mass is 536 g/mol. The highest BCUT2D eigenvalue weighted by molar-refractivity contribution is 5.74. The Bertz CT molecular complexity index is 713. The molecule has 6 saturated heterocycles. The zero-order valence-electron chi connectivity index (χ0n) is 22.5. The summed E-state index contributed by atoms with van der Waals surface area (Å²) in [4.78, 5) is 13.5. The van der Waals surface area contributed by atoms with Crippen LogP contribution in [0.3, 0.4) is 0 Å². The smallest absolute Gasteiger partial charge is 0.315 e. The number of nitrogens with zero attached hydrogens (tertiary/aromatic N) is 2. The summed E-state index contributed by atoms with van der Waals surface area (Å²) >= 11 is 0. The van der Waals surface area contributed by atoms with Crippen LogP contribution >= 0.6 is 0 Å². The summed E-state index contributed by atoms with van der Waals surface area (Å²) in [6, 6.07) is -0.373. The Morgan fingerprint density at radius 3 is 0.974 bits per heavy atom. The van der Waals surface area contributed by atoms with Gasteiger partial charge in [0.2, 0.25) is 0 Å². The van der Waals surface area contributed by atoms with Gasteiger partial charge in [0.25, 0.3) is 0 Å². The van der Waals surface area contributed by atoms with Crippen LogP contribution in [0.25, 0.3) is 0 Å². The number of urea groups is 1. The molecule has 4 spiro atoms. The topological polar surface area (TPSA) is 124 Å². The molecule has 6 aliphatic rings. The number of amides is 2. The van der Waals surface area contributed by atoms with Crippen molar-refractivity contribution in [3.63, 3.8) is 0 Å². The molecule has 0 atom stereocenters.